The number of aliphatic hydroxyl groups is 1. The van der Waals surface area contributed by atoms with E-state index in [4.69, 9.17) is 4.74 Å². The van der Waals surface area contributed by atoms with Gasteiger partial charge < -0.3 is 19.5 Å². The number of nitro groups is 1. The van der Waals surface area contributed by atoms with Crippen molar-refractivity contribution < 1.29 is 19.9 Å². The molecule has 0 bridgehead atoms. The van der Waals surface area contributed by atoms with Gasteiger partial charge in [-0.25, -0.2) is 0 Å². The van der Waals surface area contributed by atoms with Gasteiger partial charge in [-0.1, -0.05) is 0 Å². The summed E-state index contributed by atoms with van der Waals surface area (Å²) in [6, 6.07) is 5.76. The molecule has 25 heavy (non-hydrogen) atoms. The summed E-state index contributed by atoms with van der Waals surface area (Å²) in [6.07, 6.45) is 1.42. The van der Waals surface area contributed by atoms with Crippen LogP contribution in [0.1, 0.15) is 32.4 Å². The van der Waals surface area contributed by atoms with Crippen molar-refractivity contribution in [3.8, 4) is 11.5 Å². The van der Waals surface area contributed by atoms with Gasteiger partial charge in [0, 0.05) is 23.9 Å². The first-order valence-corrected chi connectivity index (χ1v) is 7.66. The molecule has 132 valence electrons. The maximum atomic E-state index is 12.4. The van der Waals surface area contributed by atoms with Crippen LogP contribution < -0.4 is 10.3 Å². The number of nitrogens with zero attached hydrogens (tertiary/aromatic N) is 2. The SMILES string of the molecule is CC1(C)Oc2ccc([N+](=O)[O-])cc2C(n2cccc(O)c2=O)C1(C)O. The number of non-ortho nitro benzene ring substituents is 1. The largest absolute Gasteiger partial charge is 0.503 e. The van der Waals surface area contributed by atoms with Gasteiger partial charge in [0.25, 0.3) is 11.2 Å². The predicted molar refractivity (Wildman–Crippen MR) is 88.9 cm³/mol. The lowest BCUT2D eigenvalue weighted by atomic mass is 9.75. The van der Waals surface area contributed by atoms with E-state index in [1.165, 1.54) is 48.0 Å². The van der Waals surface area contributed by atoms with E-state index in [1.807, 2.05) is 0 Å². The molecule has 0 saturated carbocycles. The molecule has 8 heteroatoms. The number of nitro benzene ring substituents is 1. The van der Waals surface area contributed by atoms with E-state index >= 15 is 0 Å². The number of ether oxygens (including phenoxy) is 1. The molecule has 2 heterocycles. The molecule has 0 spiro atoms. The predicted octanol–water partition coefficient (Wildman–Crippen LogP) is 1.97. The van der Waals surface area contributed by atoms with Crippen LogP contribution in [0.3, 0.4) is 0 Å². The van der Waals surface area contributed by atoms with Gasteiger partial charge in [0.05, 0.1) is 11.0 Å². The monoisotopic (exact) mass is 346 g/mol. The average molecular weight is 346 g/mol. The lowest BCUT2D eigenvalue weighted by Gasteiger charge is -2.49. The third-order valence-electron chi connectivity index (χ3n) is 4.85. The maximum Gasteiger partial charge on any atom is 0.293 e. The smallest absolute Gasteiger partial charge is 0.293 e. The Hall–Kier alpha value is -2.87. The van der Waals surface area contributed by atoms with Crippen molar-refractivity contribution in [1.29, 1.82) is 0 Å². The fourth-order valence-corrected chi connectivity index (χ4v) is 3.09. The first-order valence-electron chi connectivity index (χ1n) is 7.66. The quantitative estimate of drug-likeness (QED) is 0.635. The van der Waals surface area contributed by atoms with Crippen LogP contribution in [-0.4, -0.2) is 30.9 Å². The molecule has 2 atom stereocenters. The van der Waals surface area contributed by atoms with E-state index in [1.54, 1.807) is 13.8 Å². The normalized spacial score (nSPS) is 24.2. The van der Waals surface area contributed by atoms with Gasteiger partial charge in [0.15, 0.2) is 5.75 Å². The van der Waals surface area contributed by atoms with Gasteiger partial charge >= 0.3 is 0 Å². The summed E-state index contributed by atoms with van der Waals surface area (Å²) in [5.41, 5.74) is -3.27. The third kappa shape index (κ3) is 2.45. The van der Waals surface area contributed by atoms with Gasteiger partial charge in [0.2, 0.25) is 0 Å². The fraction of sp³-hybridized carbons (Fsp3) is 0.353. The Morgan fingerprint density at radius 3 is 2.60 bits per heavy atom. The molecular formula is C17H18N2O6. The zero-order valence-corrected chi connectivity index (χ0v) is 14.0. The van der Waals surface area contributed by atoms with E-state index < -0.39 is 33.5 Å². The van der Waals surface area contributed by atoms with Crippen LogP contribution in [0.2, 0.25) is 0 Å². The second kappa shape index (κ2) is 5.32. The molecule has 0 saturated heterocycles. The van der Waals surface area contributed by atoms with Gasteiger partial charge in [0.1, 0.15) is 17.0 Å². The highest BCUT2D eigenvalue weighted by Gasteiger charge is 2.54. The third-order valence-corrected chi connectivity index (χ3v) is 4.85. The number of rotatable bonds is 2. The van der Waals surface area contributed by atoms with Crippen molar-refractivity contribution in [3.63, 3.8) is 0 Å². The summed E-state index contributed by atoms with van der Waals surface area (Å²) in [7, 11) is 0. The van der Waals surface area contributed by atoms with Crippen LogP contribution in [0.25, 0.3) is 0 Å². The molecule has 1 aliphatic rings. The Kier molecular flexibility index (Phi) is 3.61. The summed E-state index contributed by atoms with van der Waals surface area (Å²) >= 11 is 0. The van der Waals surface area contributed by atoms with Crippen molar-refractivity contribution in [2.75, 3.05) is 0 Å². The minimum absolute atomic E-state index is 0.184. The van der Waals surface area contributed by atoms with E-state index in [0.717, 1.165) is 0 Å². The lowest BCUT2D eigenvalue weighted by molar-refractivity contribution is -0.385. The topological polar surface area (TPSA) is 115 Å². The zero-order valence-electron chi connectivity index (χ0n) is 14.0. The van der Waals surface area contributed by atoms with E-state index in [2.05, 4.69) is 0 Å². The van der Waals surface area contributed by atoms with Gasteiger partial charge in [-0.15, -0.1) is 0 Å². The summed E-state index contributed by atoms with van der Waals surface area (Å²) in [4.78, 5) is 23.0. The molecule has 3 rings (SSSR count). The van der Waals surface area contributed by atoms with Crippen LogP contribution in [0, 0.1) is 10.1 Å². The van der Waals surface area contributed by atoms with Crippen LogP contribution in [0.4, 0.5) is 5.69 Å². The second-order valence-electron chi connectivity index (χ2n) is 6.75. The molecule has 1 aliphatic heterocycles. The number of hydrogen-bond donors (Lipinski definition) is 2. The van der Waals surface area contributed by atoms with Crippen molar-refractivity contribution in [2.24, 2.45) is 0 Å². The van der Waals surface area contributed by atoms with E-state index in [9.17, 15) is 25.1 Å². The highest BCUT2D eigenvalue weighted by atomic mass is 16.6. The first-order chi connectivity index (χ1) is 11.6. The molecule has 1 aromatic carbocycles. The minimum atomic E-state index is -1.59. The average Bonchev–Trinajstić information content (AvgIpc) is 2.51. The summed E-state index contributed by atoms with van der Waals surface area (Å²) in [6.45, 7) is 4.83. The number of aromatic nitrogens is 1. The molecule has 2 N–H and O–H groups in total. The Morgan fingerprint density at radius 1 is 1.28 bits per heavy atom. The van der Waals surface area contributed by atoms with Crippen LogP contribution in [0.15, 0.2) is 41.3 Å². The fourth-order valence-electron chi connectivity index (χ4n) is 3.09. The van der Waals surface area contributed by atoms with E-state index in [-0.39, 0.29) is 5.69 Å². The number of hydrogen-bond acceptors (Lipinski definition) is 6. The lowest BCUT2D eigenvalue weighted by Crippen LogP contribution is -2.60. The van der Waals surface area contributed by atoms with Crippen LogP contribution >= 0.6 is 0 Å². The summed E-state index contributed by atoms with van der Waals surface area (Å²) in [5, 5.41) is 32.1. The molecule has 1 aromatic heterocycles. The van der Waals surface area contributed by atoms with Crippen molar-refractivity contribution in [2.45, 2.75) is 38.0 Å². The van der Waals surface area contributed by atoms with Crippen molar-refractivity contribution in [3.05, 3.63) is 62.6 Å². The van der Waals surface area contributed by atoms with Gasteiger partial charge in [-0.05, 0) is 39.0 Å². The first kappa shape index (κ1) is 17.0. The second-order valence-corrected chi connectivity index (χ2v) is 6.75. The number of pyridine rings is 1. The highest BCUT2D eigenvalue weighted by molar-refractivity contribution is 5.49. The van der Waals surface area contributed by atoms with Gasteiger partial charge in [-0.3, -0.25) is 14.9 Å². The number of fused-ring (bicyclic) bond motifs is 1. The Balaban J connectivity index is 2.34. The molecule has 0 aliphatic carbocycles. The molecular weight excluding hydrogens is 328 g/mol. The Morgan fingerprint density at radius 2 is 1.96 bits per heavy atom. The number of aromatic hydroxyl groups is 1. The molecule has 0 amide bonds. The van der Waals surface area contributed by atoms with Crippen LogP contribution in [-0.2, 0) is 0 Å². The molecule has 0 radical (unpaired) electrons. The Labute approximate surface area is 143 Å². The number of benzene rings is 1. The minimum Gasteiger partial charge on any atom is -0.503 e. The van der Waals surface area contributed by atoms with Gasteiger partial charge in [-0.2, -0.15) is 0 Å². The van der Waals surface area contributed by atoms with Crippen LogP contribution in [0.5, 0.6) is 11.5 Å². The molecule has 2 aromatic rings. The molecule has 2 unspecified atom stereocenters. The summed E-state index contributed by atoms with van der Waals surface area (Å²) < 4.78 is 7.01. The molecule has 8 nitrogen and oxygen atoms in total. The zero-order chi connectivity index (χ0) is 18.6. The van der Waals surface area contributed by atoms with Crippen molar-refractivity contribution in [1.82, 2.24) is 4.57 Å². The molecule has 0 fully saturated rings. The summed E-state index contributed by atoms with van der Waals surface area (Å²) in [5.74, 6) is -0.142. The maximum absolute atomic E-state index is 12.4. The standard InChI is InChI=1S/C17H18N2O6/c1-16(2)17(3,22)14(18-8-4-5-12(20)15(18)21)11-9-10(19(23)24)6-7-13(11)25-16/h4-9,14,20,22H,1-3H3. The highest BCUT2D eigenvalue weighted by Crippen LogP contribution is 2.48. The van der Waals surface area contributed by atoms with E-state index in [0.29, 0.717) is 11.3 Å². The Bertz CT molecular complexity index is 916. The van der Waals surface area contributed by atoms with Crippen molar-refractivity contribution >= 4 is 5.69 Å².